The van der Waals surface area contributed by atoms with Crippen molar-refractivity contribution in [3.63, 3.8) is 0 Å². The van der Waals surface area contributed by atoms with Gasteiger partial charge in [-0.3, -0.25) is 4.98 Å². The van der Waals surface area contributed by atoms with Crippen LogP contribution in [0.15, 0.2) is 66.5 Å². The highest BCUT2D eigenvalue weighted by Gasteiger charge is 2.38. The number of hydrogen-bond acceptors (Lipinski definition) is 7. The highest BCUT2D eigenvalue weighted by molar-refractivity contribution is 6.15. The van der Waals surface area contributed by atoms with Gasteiger partial charge in [-0.15, -0.1) is 0 Å². The van der Waals surface area contributed by atoms with E-state index in [2.05, 4.69) is 15.3 Å². The molecule has 28 heavy (non-hydrogen) atoms. The van der Waals surface area contributed by atoms with E-state index >= 15 is 0 Å². The zero-order chi connectivity index (χ0) is 19.7. The lowest BCUT2D eigenvalue weighted by atomic mass is 10.1. The van der Waals surface area contributed by atoms with Gasteiger partial charge in [0.05, 0.1) is 22.9 Å². The SMILES string of the molecule is CC1(C)OC(=O)C(=CNc2cccc(-c3cnc4ccccc4n3)c2)C(=O)O1. The maximum atomic E-state index is 12.0. The topological polar surface area (TPSA) is 90.4 Å². The van der Waals surface area contributed by atoms with E-state index in [4.69, 9.17) is 9.47 Å². The third kappa shape index (κ3) is 3.55. The minimum Gasteiger partial charge on any atom is -0.419 e. The predicted molar refractivity (Wildman–Crippen MR) is 103 cm³/mol. The number of esters is 2. The van der Waals surface area contributed by atoms with Crippen LogP contribution in [0.1, 0.15) is 13.8 Å². The molecule has 7 heteroatoms. The second kappa shape index (κ2) is 6.77. The molecule has 140 valence electrons. The van der Waals surface area contributed by atoms with Gasteiger partial charge in [0.15, 0.2) is 5.57 Å². The second-order valence-corrected chi connectivity index (χ2v) is 6.71. The van der Waals surface area contributed by atoms with Crippen molar-refractivity contribution in [2.45, 2.75) is 19.6 Å². The van der Waals surface area contributed by atoms with Gasteiger partial charge in [-0.25, -0.2) is 14.6 Å². The Morgan fingerprint density at radius 2 is 1.68 bits per heavy atom. The van der Waals surface area contributed by atoms with Crippen LogP contribution in [0.5, 0.6) is 0 Å². The highest BCUT2D eigenvalue weighted by Crippen LogP contribution is 2.24. The number of ether oxygens (including phenoxy) is 2. The normalized spacial score (nSPS) is 15.7. The Hall–Kier alpha value is -3.74. The summed E-state index contributed by atoms with van der Waals surface area (Å²) in [5.41, 5.74) is 3.66. The molecule has 7 nitrogen and oxygen atoms in total. The molecule has 0 unspecified atom stereocenters. The Balaban J connectivity index is 1.59. The first-order valence-corrected chi connectivity index (χ1v) is 8.67. The minimum absolute atomic E-state index is 0.199. The first kappa shape index (κ1) is 17.7. The number of benzene rings is 2. The van der Waals surface area contributed by atoms with E-state index in [1.165, 1.54) is 20.0 Å². The Bertz CT molecular complexity index is 1100. The fourth-order valence-electron chi connectivity index (χ4n) is 2.80. The fraction of sp³-hybridized carbons (Fsp3) is 0.143. The van der Waals surface area contributed by atoms with Crippen LogP contribution in [0.3, 0.4) is 0 Å². The largest absolute Gasteiger partial charge is 0.419 e. The van der Waals surface area contributed by atoms with Gasteiger partial charge in [0.25, 0.3) is 5.79 Å². The van der Waals surface area contributed by atoms with Crippen molar-refractivity contribution in [3.8, 4) is 11.3 Å². The maximum absolute atomic E-state index is 12.0. The van der Waals surface area contributed by atoms with Crippen molar-refractivity contribution >= 4 is 28.7 Å². The molecule has 0 atom stereocenters. The summed E-state index contributed by atoms with van der Waals surface area (Å²) in [6.07, 6.45) is 2.99. The molecule has 1 N–H and O–H groups in total. The van der Waals surface area contributed by atoms with Crippen molar-refractivity contribution < 1.29 is 19.1 Å². The average Bonchev–Trinajstić information content (AvgIpc) is 2.66. The molecular formula is C21H17N3O4. The Morgan fingerprint density at radius 3 is 2.43 bits per heavy atom. The number of carbonyl (C=O) groups excluding carboxylic acids is 2. The molecule has 1 aliphatic rings. The fourth-order valence-corrected chi connectivity index (χ4v) is 2.80. The highest BCUT2D eigenvalue weighted by atomic mass is 16.7. The second-order valence-electron chi connectivity index (χ2n) is 6.71. The standard InChI is InChI=1S/C21H17N3O4/c1-21(2)27-19(25)15(20(26)28-21)11-22-14-7-5-6-13(10-14)18-12-23-16-8-3-4-9-17(16)24-18/h3-12,22H,1-2H3. The van der Waals surface area contributed by atoms with Gasteiger partial charge < -0.3 is 14.8 Å². The monoisotopic (exact) mass is 375 g/mol. The number of nitrogens with one attached hydrogen (secondary N) is 1. The van der Waals surface area contributed by atoms with Gasteiger partial charge in [-0.1, -0.05) is 24.3 Å². The van der Waals surface area contributed by atoms with Gasteiger partial charge in [-0.2, -0.15) is 0 Å². The molecule has 1 aliphatic heterocycles. The van der Waals surface area contributed by atoms with E-state index in [0.717, 1.165) is 16.6 Å². The van der Waals surface area contributed by atoms with Gasteiger partial charge in [0.2, 0.25) is 0 Å². The first-order chi connectivity index (χ1) is 13.4. The van der Waals surface area contributed by atoms with Crippen LogP contribution >= 0.6 is 0 Å². The quantitative estimate of drug-likeness (QED) is 0.426. The third-order valence-corrected chi connectivity index (χ3v) is 4.11. The van der Waals surface area contributed by atoms with Gasteiger partial charge >= 0.3 is 11.9 Å². The van der Waals surface area contributed by atoms with Crippen molar-refractivity contribution in [3.05, 3.63) is 66.5 Å². The van der Waals surface area contributed by atoms with Crippen LogP contribution in [0, 0.1) is 0 Å². The lowest BCUT2D eigenvalue weighted by molar-refractivity contribution is -0.222. The van der Waals surface area contributed by atoms with Crippen LogP contribution in [0.4, 0.5) is 5.69 Å². The molecule has 2 heterocycles. The molecule has 0 aliphatic carbocycles. The van der Waals surface area contributed by atoms with Crippen molar-refractivity contribution in [1.82, 2.24) is 9.97 Å². The molecule has 0 saturated carbocycles. The summed E-state index contributed by atoms with van der Waals surface area (Å²) in [6.45, 7) is 3.00. The number of nitrogens with zero attached hydrogens (tertiary/aromatic N) is 2. The van der Waals surface area contributed by atoms with Gasteiger partial charge in [0.1, 0.15) is 0 Å². The summed E-state index contributed by atoms with van der Waals surface area (Å²) in [7, 11) is 0. The van der Waals surface area contributed by atoms with Crippen LogP contribution in [-0.4, -0.2) is 27.7 Å². The summed E-state index contributed by atoms with van der Waals surface area (Å²) in [4.78, 5) is 33.1. The maximum Gasteiger partial charge on any atom is 0.350 e. The Morgan fingerprint density at radius 1 is 0.964 bits per heavy atom. The molecule has 2 aromatic carbocycles. The zero-order valence-corrected chi connectivity index (χ0v) is 15.3. The third-order valence-electron chi connectivity index (χ3n) is 4.11. The molecule has 0 radical (unpaired) electrons. The van der Waals surface area contributed by atoms with E-state index in [-0.39, 0.29) is 5.57 Å². The molecule has 0 bridgehead atoms. The number of cyclic esters (lactones) is 2. The molecule has 0 amide bonds. The summed E-state index contributed by atoms with van der Waals surface area (Å²) in [5.74, 6) is -2.73. The molecule has 1 fully saturated rings. The lowest BCUT2D eigenvalue weighted by Crippen LogP contribution is -2.42. The average molecular weight is 375 g/mol. The zero-order valence-electron chi connectivity index (χ0n) is 15.3. The summed E-state index contributed by atoms with van der Waals surface area (Å²) >= 11 is 0. The Kier molecular flexibility index (Phi) is 4.27. The van der Waals surface area contributed by atoms with Crippen molar-refractivity contribution in [2.75, 3.05) is 5.32 Å². The molecule has 1 aromatic heterocycles. The van der Waals surface area contributed by atoms with Crippen molar-refractivity contribution in [2.24, 2.45) is 0 Å². The number of aromatic nitrogens is 2. The minimum atomic E-state index is -1.26. The summed E-state index contributed by atoms with van der Waals surface area (Å²) in [5, 5.41) is 2.94. The van der Waals surface area contributed by atoms with Crippen LogP contribution in [0.25, 0.3) is 22.3 Å². The molecule has 1 saturated heterocycles. The first-order valence-electron chi connectivity index (χ1n) is 8.67. The van der Waals surface area contributed by atoms with Crippen molar-refractivity contribution in [1.29, 1.82) is 0 Å². The molecule has 3 aromatic rings. The molecular weight excluding hydrogens is 358 g/mol. The van der Waals surface area contributed by atoms with E-state index < -0.39 is 17.7 Å². The van der Waals surface area contributed by atoms with E-state index in [9.17, 15) is 9.59 Å². The van der Waals surface area contributed by atoms with Crippen LogP contribution < -0.4 is 5.32 Å². The van der Waals surface area contributed by atoms with E-state index in [0.29, 0.717) is 11.4 Å². The van der Waals surface area contributed by atoms with E-state index in [1.807, 2.05) is 42.5 Å². The molecule has 0 spiro atoms. The summed E-state index contributed by atoms with van der Waals surface area (Å²) < 4.78 is 10.1. The number of carbonyl (C=O) groups is 2. The Labute approximate surface area is 161 Å². The van der Waals surface area contributed by atoms with Gasteiger partial charge in [-0.05, 0) is 24.3 Å². The molecule has 4 rings (SSSR count). The van der Waals surface area contributed by atoms with Gasteiger partial charge in [0, 0.05) is 31.3 Å². The van der Waals surface area contributed by atoms with Crippen LogP contribution in [0.2, 0.25) is 0 Å². The number of hydrogen-bond donors (Lipinski definition) is 1. The number of rotatable bonds is 3. The number of anilines is 1. The number of fused-ring (bicyclic) bond motifs is 1. The van der Waals surface area contributed by atoms with E-state index in [1.54, 1.807) is 12.3 Å². The smallest absolute Gasteiger partial charge is 0.350 e. The van der Waals surface area contributed by atoms with Crippen LogP contribution in [-0.2, 0) is 19.1 Å². The predicted octanol–water partition coefficient (Wildman–Crippen LogP) is 3.43. The lowest BCUT2D eigenvalue weighted by Gasteiger charge is -2.29. The summed E-state index contributed by atoms with van der Waals surface area (Å²) in [6, 6.07) is 15.0. The number of para-hydroxylation sites is 2.